The van der Waals surface area contributed by atoms with Gasteiger partial charge in [-0.2, -0.15) is 18.2 Å². The molecule has 2 atom stereocenters. The van der Waals surface area contributed by atoms with Crippen LogP contribution in [-0.4, -0.2) is 34.9 Å². The molecule has 150 valence electrons. The van der Waals surface area contributed by atoms with Crippen LogP contribution in [0.4, 0.5) is 19.0 Å². The van der Waals surface area contributed by atoms with Gasteiger partial charge in [0.2, 0.25) is 0 Å². The maximum Gasteiger partial charge on any atom is 0.493 e. The summed E-state index contributed by atoms with van der Waals surface area (Å²) in [5.74, 6) is -2.44. The molecular formula is C17H17BrF3N5O2. The van der Waals surface area contributed by atoms with Gasteiger partial charge in [0.25, 0.3) is 0 Å². The molecule has 3 rings (SSSR count). The van der Waals surface area contributed by atoms with E-state index >= 15 is 0 Å². The molecule has 0 fully saturated rings. The van der Waals surface area contributed by atoms with Gasteiger partial charge in [0, 0.05) is 22.1 Å². The highest BCUT2D eigenvalue weighted by Gasteiger charge is 2.46. The van der Waals surface area contributed by atoms with Gasteiger partial charge < -0.3 is 10.6 Å². The Hall–Kier alpha value is -2.21. The van der Waals surface area contributed by atoms with Crippen molar-refractivity contribution in [3.05, 3.63) is 46.4 Å². The monoisotopic (exact) mass is 459 g/mol. The number of nitrogens with zero attached hydrogens (tertiary/aromatic N) is 3. The second-order valence-electron chi connectivity index (χ2n) is 5.98. The summed E-state index contributed by atoms with van der Waals surface area (Å²) in [5, 5.41) is 0.651. The van der Waals surface area contributed by atoms with Crippen LogP contribution in [-0.2, 0) is 9.63 Å². The van der Waals surface area contributed by atoms with Gasteiger partial charge in [-0.3, -0.25) is 5.73 Å². The van der Waals surface area contributed by atoms with Crippen molar-refractivity contribution in [2.24, 2.45) is 11.5 Å². The zero-order chi connectivity index (χ0) is 20.6. The van der Waals surface area contributed by atoms with Crippen LogP contribution in [0.2, 0.25) is 0 Å². The molecule has 0 saturated carbocycles. The topological polar surface area (TPSA) is 97.7 Å². The van der Waals surface area contributed by atoms with Crippen LogP contribution in [0.15, 0.2) is 40.9 Å². The molecule has 1 aromatic carbocycles. The predicted octanol–water partition coefficient (Wildman–Crippen LogP) is 2.87. The molecule has 0 aliphatic carbocycles. The zero-order valence-electron chi connectivity index (χ0n) is 14.7. The first-order valence-electron chi connectivity index (χ1n) is 8.26. The molecule has 28 heavy (non-hydrogen) atoms. The van der Waals surface area contributed by atoms with E-state index in [0.29, 0.717) is 28.4 Å². The van der Waals surface area contributed by atoms with E-state index in [0.717, 1.165) is 4.47 Å². The zero-order valence-corrected chi connectivity index (χ0v) is 16.2. The van der Waals surface area contributed by atoms with E-state index < -0.39 is 24.6 Å². The fourth-order valence-electron chi connectivity index (χ4n) is 2.91. The summed E-state index contributed by atoms with van der Waals surface area (Å²) >= 11 is 3.41. The Balaban J connectivity index is 2.11. The van der Waals surface area contributed by atoms with Crippen LogP contribution in [0.1, 0.15) is 18.7 Å². The van der Waals surface area contributed by atoms with Crippen LogP contribution >= 0.6 is 15.9 Å². The standard InChI is InChI=1S/C17H17BrF3N5O2/c1-2-25-13(22)10-7-8-12(9-5-3-4-6-11(9)18)24-14(10)26(16(25)23)28-15(27)17(19,20)21/h3-8,13,16H,2,22-23H2,1H3. The molecule has 0 radical (unpaired) electrons. The molecule has 0 saturated heterocycles. The predicted molar refractivity (Wildman–Crippen MR) is 99.3 cm³/mol. The highest BCUT2D eigenvalue weighted by atomic mass is 79.9. The number of carbonyl (C=O) groups is 1. The Morgan fingerprint density at radius 2 is 1.93 bits per heavy atom. The first-order chi connectivity index (χ1) is 13.1. The minimum absolute atomic E-state index is 0.0458. The smallest absolute Gasteiger partial charge is 0.328 e. The number of anilines is 1. The van der Waals surface area contributed by atoms with Gasteiger partial charge in [-0.05, 0) is 12.1 Å². The fraction of sp³-hybridized carbons (Fsp3) is 0.294. The largest absolute Gasteiger partial charge is 0.493 e. The van der Waals surface area contributed by atoms with Gasteiger partial charge >= 0.3 is 12.1 Å². The van der Waals surface area contributed by atoms with Gasteiger partial charge in [0.05, 0.1) is 11.9 Å². The number of carbonyl (C=O) groups excluding carboxylic acids is 1. The van der Waals surface area contributed by atoms with E-state index in [1.807, 2.05) is 6.07 Å². The van der Waals surface area contributed by atoms with Crippen molar-refractivity contribution in [1.82, 2.24) is 9.88 Å². The van der Waals surface area contributed by atoms with Crippen LogP contribution in [0, 0.1) is 0 Å². The first-order valence-corrected chi connectivity index (χ1v) is 9.05. The Labute approximate surface area is 167 Å². The van der Waals surface area contributed by atoms with E-state index in [4.69, 9.17) is 11.5 Å². The highest BCUT2D eigenvalue weighted by Crippen LogP contribution is 2.37. The lowest BCUT2D eigenvalue weighted by atomic mass is 10.1. The lowest BCUT2D eigenvalue weighted by Crippen LogP contribution is -2.61. The maximum atomic E-state index is 12.8. The van der Waals surface area contributed by atoms with Crippen LogP contribution in [0.25, 0.3) is 11.3 Å². The summed E-state index contributed by atoms with van der Waals surface area (Å²) < 4.78 is 39.0. The van der Waals surface area contributed by atoms with Crippen molar-refractivity contribution in [1.29, 1.82) is 0 Å². The van der Waals surface area contributed by atoms with Crippen molar-refractivity contribution < 1.29 is 22.8 Å². The van der Waals surface area contributed by atoms with Gasteiger partial charge in [-0.1, -0.05) is 47.1 Å². The lowest BCUT2D eigenvalue weighted by Gasteiger charge is -2.44. The normalized spacial score (nSPS) is 20.0. The van der Waals surface area contributed by atoms with E-state index in [2.05, 4.69) is 25.8 Å². The van der Waals surface area contributed by atoms with Crippen molar-refractivity contribution >= 4 is 27.7 Å². The van der Waals surface area contributed by atoms with Crippen LogP contribution in [0.3, 0.4) is 0 Å². The maximum absolute atomic E-state index is 12.8. The Morgan fingerprint density at radius 1 is 1.25 bits per heavy atom. The Morgan fingerprint density at radius 3 is 2.54 bits per heavy atom. The minimum Gasteiger partial charge on any atom is -0.328 e. The van der Waals surface area contributed by atoms with Gasteiger partial charge in [-0.15, -0.1) is 0 Å². The second-order valence-corrected chi connectivity index (χ2v) is 6.83. The second kappa shape index (κ2) is 7.66. The highest BCUT2D eigenvalue weighted by molar-refractivity contribution is 9.10. The summed E-state index contributed by atoms with van der Waals surface area (Å²) in [6.45, 7) is 2.05. The number of nitrogens with two attached hydrogens (primary N) is 2. The number of aromatic nitrogens is 1. The number of hydrogen-bond acceptors (Lipinski definition) is 7. The molecule has 2 unspecified atom stereocenters. The number of rotatable bonds is 3. The molecule has 2 heterocycles. The van der Waals surface area contributed by atoms with Gasteiger partial charge in [0.1, 0.15) is 0 Å². The third-order valence-electron chi connectivity index (χ3n) is 4.30. The van der Waals surface area contributed by atoms with Crippen molar-refractivity contribution in [3.63, 3.8) is 0 Å². The molecule has 1 aromatic heterocycles. The van der Waals surface area contributed by atoms with Gasteiger partial charge in [-0.25, -0.2) is 14.7 Å². The number of halogens is 4. The summed E-state index contributed by atoms with van der Waals surface area (Å²) in [5.41, 5.74) is 13.8. The van der Waals surface area contributed by atoms with Crippen molar-refractivity contribution in [2.75, 3.05) is 11.6 Å². The number of hydroxylamine groups is 1. The molecule has 4 N–H and O–H groups in total. The summed E-state index contributed by atoms with van der Waals surface area (Å²) in [7, 11) is 0. The van der Waals surface area contributed by atoms with E-state index in [1.54, 1.807) is 37.3 Å². The Bertz CT molecular complexity index is 895. The van der Waals surface area contributed by atoms with Crippen LogP contribution in [0.5, 0.6) is 0 Å². The Kier molecular flexibility index (Phi) is 5.62. The number of hydrogen-bond donors (Lipinski definition) is 2. The lowest BCUT2D eigenvalue weighted by molar-refractivity contribution is -0.204. The molecule has 1 aliphatic heterocycles. The average Bonchev–Trinajstić information content (AvgIpc) is 2.64. The summed E-state index contributed by atoms with van der Waals surface area (Å²) in [6, 6.07) is 10.5. The molecule has 11 heteroatoms. The third kappa shape index (κ3) is 3.70. The van der Waals surface area contributed by atoms with Crippen LogP contribution < -0.4 is 16.5 Å². The number of alkyl halides is 3. The van der Waals surface area contributed by atoms with E-state index in [1.165, 1.54) is 4.90 Å². The quantitative estimate of drug-likeness (QED) is 0.727. The molecule has 1 aliphatic rings. The summed E-state index contributed by atoms with van der Waals surface area (Å²) in [6.07, 6.45) is -7.14. The number of pyridine rings is 1. The fourth-order valence-corrected chi connectivity index (χ4v) is 3.40. The molecular weight excluding hydrogens is 443 g/mol. The van der Waals surface area contributed by atoms with Crippen molar-refractivity contribution in [2.45, 2.75) is 25.6 Å². The first kappa shape index (κ1) is 20.5. The SMILES string of the molecule is CCN1C(N)c2ccc(-c3ccccc3Br)nc2N(OC(=O)C(F)(F)F)C1N. The molecule has 0 spiro atoms. The average molecular weight is 460 g/mol. The molecule has 0 amide bonds. The van der Waals surface area contributed by atoms with E-state index in [-0.39, 0.29) is 5.82 Å². The molecule has 2 aromatic rings. The third-order valence-corrected chi connectivity index (χ3v) is 4.99. The molecule has 0 bridgehead atoms. The van der Waals surface area contributed by atoms with E-state index in [9.17, 15) is 18.0 Å². The number of fused-ring (bicyclic) bond motifs is 1. The number of benzene rings is 1. The molecule has 7 nitrogen and oxygen atoms in total. The van der Waals surface area contributed by atoms with Gasteiger partial charge in [0.15, 0.2) is 12.1 Å². The summed E-state index contributed by atoms with van der Waals surface area (Å²) in [4.78, 5) is 21.9. The van der Waals surface area contributed by atoms with Crippen molar-refractivity contribution in [3.8, 4) is 11.3 Å². The minimum atomic E-state index is -5.18.